The molecular formula is C23H22BrN5O. The Hall–Kier alpha value is -3.19. The maximum absolute atomic E-state index is 13.0. The molecule has 7 heteroatoms. The van der Waals surface area contributed by atoms with Gasteiger partial charge in [-0.15, -0.1) is 0 Å². The van der Waals surface area contributed by atoms with E-state index in [0.717, 1.165) is 32.4 Å². The molecule has 0 aliphatic heterocycles. The van der Waals surface area contributed by atoms with Crippen LogP contribution in [0.25, 0.3) is 10.9 Å². The van der Waals surface area contributed by atoms with Crippen LogP contribution in [0.1, 0.15) is 35.8 Å². The Morgan fingerprint density at radius 1 is 1.13 bits per heavy atom. The molecule has 0 unspecified atom stereocenters. The second kappa shape index (κ2) is 8.67. The van der Waals surface area contributed by atoms with Gasteiger partial charge in [-0.1, -0.05) is 12.1 Å². The topological polar surface area (TPSA) is 71.8 Å². The number of anilines is 2. The van der Waals surface area contributed by atoms with Crippen molar-refractivity contribution in [3.63, 3.8) is 0 Å². The van der Waals surface area contributed by atoms with Crippen molar-refractivity contribution >= 4 is 44.1 Å². The van der Waals surface area contributed by atoms with Crippen LogP contribution in [0.5, 0.6) is 0 Å². The van der Waals surface area contributed by atoms with Gasteiger partial charge in [-0.05, 0) is 77.8 Å². The molecule has 0 saturated carbocycles. The second-order valence-corrected chi connectivity index (χ2v) is 8.13. The van der Waals surface area contributed by atoms with Crippen LogP contribution in [0, 0.1) is 0 Å². The standard InChI is InChI=1S/C23H22BrN5O/c1-15(2)29-14-17-7-8-18(12-21(17)28-29)27-23(30)19-5-3-4-6-20(19)26-13-16-9-10-25-22(24)11-16/h3-12,14-15,26H,13H2,1-2H3,(H,27,30). The van der Waals surface area contributed by atoms with Gasteiger partial charge in [0.2, 0.25) is 0 Å². The highest BCUT2D eigenvalue weighted by molar-refractivity contribution is 9.10. The van der Waals surface area contributed by atoms with Crippen molar-refractivity contribution in [3.8, 4) is 0 Å². The van der Waals surface area contributed by atoms with Gasteiger partial charge in [0.25, 0.3) is 5.91 Å². The number of amides is 1. The first-order valence-corrected chi connectivity index (χ1v) is 10.5. The number of hydrogen-bond donors (Lipinski definition) is 2. The average Bonchev–Trinajstić information content (AvgIpc) is 3.16. The Balaban J connectivity index is 1.51. The van der Waals surface area contributed by atoms with Crippen molar-refractivity contribution in [2.24, 2.45) is 0 Å². The molecule has 152 valence electrons. The number of para-hydroxylation sites is 1. The minimum Gasteiger partial charge on any atom is -0.380 e. The lowest BCUT2D eigenvalue weighted by Gasteiger charge is -2.12. The highest BCUT2D eigenvalue weighted by Gasteiger charge is 2.12. The van der Waals surface area contributed by atoms with Gasteiger partial charge in [0, 0.05) is 41.7 Å². The molecule has 0 spiro atoms. The predicted molar refractivity (Wildman–Crippen MR) is 124 cm³/mol. The van der Waals surface area contributed by atoms with Crippen LogP contribution in [-0.2, 0) is 6.54 Å². The van der Waals surface area contributed by atoms with E-state index in [1.54, 1.807) is 6.20 Å². The fourth-order valence-electron chi connectivity index (χ4n) is 3.16. The first kappa shape index (κ1) is 20.1. The van der Waals surface area contributed by atoms with Gasteiger partial charge < -0.3 is 10.6 Å². The molecule has 2 aromatic carbocycles. The Morgan fingerprint density at radius 2 is 1.97 bits per heavy atom. The van der Waals surface area contributed by atoms with Crippen LogP contribution < -0.4 is 10.6 Å². The first-order chi connectivity index (χ1) is 14.5. The highest BCUT2D eigenvalue weighted by Crippen LogP contribution is 2.22. The fourth-order valence-corrected chi connectivity index (χ4v) is 3.57. The van der Waals surface area contributed by atoms with E-state index in [-0.39, 0.29) is 11.9 Å². The molecule has 1 amide bonds. The Kier molecular flexibility index (Phi) is 5.81. The minimum atomic E-state index is -0.170. The van der Waals surface area contributed by atoms with E-state index in [4.69, 9.17) is 0 Å². The molecule has 0 saturated heterocycles. The summed E-state index contributed by atoms with van der Waals surface area (Å²) < 4.78 is 2.70. The average molecular weight is 464 g/mol. The van der Waals surface area contributed by atoms with E-state index in [1.807, 2.05) is 65.5 Å². The van der Waals surface area contributed by atoms with Crippen LogP contribution >= 0.6 is 15.9 Å². The van der Waals surface area contributed by atoms with Crippen molar-refractivity contribution in [3.05, 3.63) is 82.7 Å². The number of fused-ring (bicyclic) bond motifs is 1. The van der Waals surface area contributed by atoms with Gasteiger partial charge in [-0.2, -0.15) is 5.10 Å². The predicted octanol–water partition coefficient (Wildman–Crippen LogP) is 5.64. The van der Waals surface area contributed by atoms with Crippen molar-refractivity contribution in [1.29, 1.82) is 0 Å². The Morgan fingerprint density at radius 3 is 2.77 bits per heavy atom. The maximum atomic E-state index is 13.0. The molecule has 0 bridgehead atoms. The van der Waals surface area contributed by atoms with E-state index in [2.05, 4.69) is 50.5 Å². The molecule has 0 aliphatic rings. The molecule has 30 heavy (non-hydrogen) atoms. The van der Waals surface area contributed by atoms with E-state index < -0.39 is 0 Å². The van der Waals surface area contributed by atoms with Crippen LogP contribution in [-0.4, -0.2) is 20.7 Å². The molecule has 2 N–H and O–H groups in total. The Bertz CT molecular complexity index is 1200. The van der Waals surface area contributed by atoms with Gasteiger partial charge in [-0.3, -0.25) is 9.48 Å². The lowest BCUT2D eigenvalue weighted by Crippen LogP contribution is -2.14. The molecular weight excluding hydrogens is 442 g/mol. The second-order valence-electron chi connectivity index (χ2n) is 7.32. The molecule has 2 heterocycles. The monoisotopic (exact) mass is 463 g/mol. The number of halogens is 1. The van der Waals surface area contributed by atoms with Crippen molar-refractivity contribution < 1.29 is 4.79 Å². The van der Waals surface area contributed by atoms with Crippen molar-refractivity contribution in [2.45, 2.75) is 26.4 Å². The molecule has 2 aromatic heterocycles. The summed E-state index contributed by atoms with van der Waals surface area (Å²) in [5.41, 5.74) is 4.00. The lowest BCUT2D eigenvalue weighted by molar-refractivity contribution is 0.102. The summed E-state index contributed by atoms with van der Waals surface area (Å²) in [4.78, 5) is 17.1. The number of aromatic nitrogens is 3. The molecule has 0 radical (unpaired) electrons. The summed E-state index contributed by atoms with van der Waals surface area (Å²) in [5, 5.41) is 12.0. The largest absolute Gasteiger partial charge is 0.380 e. The van der Waals surface area contributed by atoms with Gasteiger partial charge in [0.1, 0.15) is 4.60 Å². The van der Waals surface area contributed by atoms with Crippen LogP contribution in [0.3, 0.4) is 0 Å². The smallest absolute Gasteiger partial charge is 0.257 e. The Labute approximate surface area is 183 Å². The van der Waals surface area contributed by atoms with Gasteiger partial charge >= 0.3 is 0 Å². The molecule has 4 rings (SSSR count). The van der Waals surface area contributed by atoms with Crippen molar-refractivity contribution in [1.82, 2.24) is 14.8 Å². The van der Waals surface area contributed by atoms with Crippen LogP contribution in [0.2, 0.25) is 0 Å². The third kappa shape index (κ3) is 4.52. The fraction of sp³-hybridized carbons (Fsp3) is 0.174. The third-order valence-corrected chi connectivity index (χ3v) is 5.19. The number of benzene rings is 2. The molecule has 0 atom stereocenters. The summed E-state index contributed by atoms with van der Waals surface area (Å²) in [6, 6.07) is 17.4. The number of carbonyl (C=O) groups is 1. The van der Waals surface area contributed by atoms with Crippen LogP contribution in [0.4, 0.5) is 11.4 Å². The van der Waals surface area contributed by atoms with E-state index >= 15 is 0 Å². The summed E-state index contributed by atoms with van der Waals surface area (Å²) >= 11 is 3.38. The number of pyridine rings is 1. The number of hydrogen-bond acceptors (Lipinski definition) is 4. The van der Waals surface area contributed by atoms with E-state index in [9.17, 15) is 4.79 Å². The highest BCUT2D eigenvalue weighted by atomic mass is 79.9. The van der Waals surface area contributed by atoms with Crippen LogP contribution in [0.15, 0.2) is 71.6 Å². The maximum Gasteiger partial charge on any atom is 0.257 e. The lowest BCUT2D eigenvalue weighted by atomic mass is 10.1. The molecule has 0 aliphatic carbocycles. The van der Waals surface area contributed by atoms with Crippen molar-refractivity contribution in [2.75, 3.05) is 10.6 Å². The van der Waals surface area contributed by atoms with E-state index in [0.29, 0.717) is 12.1 Å². The molecule has 6 nitrogen and oxygen atoms in total. The van der Waals surface area contributed by atoms with Gasteiger partial charge in [0.15, 0.2) is 0 Å². The summed E-state index contributed by atoms with van der Waals surface area (Å²) in [7, 11) is 0. The van der Waals surface area contributed by atoms with Gasteiger partial charge in [0.05, 0.1) is 11.1 Å². The number of nitrogens with zero attached hydrogens (tertiary/aromatic N) is 3. The molecule has 0 fully saturated rings. The first-order valence-electron chi connectivity index (χ1n) is 9.73. The quantitative estimate of drug-likeness (QED) is 0.363. The summed E-state index contributed by atoms with van der Waals surface area (Å²) in [5.74, 6) is -0.170. The zero-order valence-electron chi connectivity index (χ0n) is 16.8. The summed E-state index contributed by atoms with van der Waals surface area (Å²) in [6.45, 7) is 4.76. The zero-order valence-corrected chi connectivity index (χ0v) is 18.3. The number of carbonyl (C=O) groups excluding carboxylic acids is 1. The normalized spacial score (nSPS) is 11.1. The SMILES string of the molecule is CC(C)n1cc2ccc(NC(=O)c3ccccc3NCc3ccnc(Br)c3)cc2n1. The number of nitrogens with one attached hydrogen (secondary N) is 2. The molecule has 4 aromatic rings. The van der Waals surface area contributed by atoms with Gasteiger partial charge in [-0.25, -0.2) is 4.98 Å². The van der Waals surface area contributed by atoms with E-state index in [1.165, 1.54) is 0 Å². The number of rotatable bonds is 6. The third-order valence-electron chi connectivity index (χ3n) is 4.76. The summed E-state index contributed by atoms with van der Waals surface area (Å²) in [6.07, 6.45) is 3.76. The zero-order chi connectivity index (χ0) is 21.1. The minimum absolute atomic E-state index is 0.170.